The summed E-state index contributed by atoms with van der Waals surface area (Å²) in [6.07, 6.45) is 1.05. The standard InChI is InChI=1S/C29H37N5O2S/c1-6-33(7-2)27(35)25-20(5)30-29-34(17-8-18-37-29)26(25)22-11-15-24(16-12-22)32-28(36)31-23-13-9-21(10-14-23)19(3)4/h9-16,19,26H,6-8,17-18H2,1-5H3,(H2,31,32,36). The summed E-state index contributed by atoms with van der Waals surface area (Å²) < 4.78 is 0. The van der Waals surface area contributed by atoms with E-state index in [0.717, 1.165) is 46.4 Å². The molecule has 2 aromatic carbocycles. The third-order valence-corrected chi connectivity index (χ3v) is 7.94. The van der Waals surface area contributed by atoms with E-state index >= 15 is 0 Å². The molecule has 1 fully saturated rings. The molecule has 2 heterocycles. The highest BCUT2D eigenvalue weighted by atomic mass is 32.2. The molecule has 0 aromatic heterocycles. The Kier molecular flexibility index (Phi) is 8.59. The number of aliphatic imine (C=N–C) groups is 1. The van der Waals surface area contributed by atoms with Crippen LogP contribution in [0, 0.1) is 0 Å². The minimum atomic E-state index is -0.294. The van der Waals surface area contributed by atoms with Gasteiger partial charge in [0.15, 0.2) is 5.17 Å². The average Bonchev–Trinajstić information content (AvgIpc) is 2.89. The van der Waals surface area contributed by atoms with E-state index in [4.69, 9.17) is 4.99 Å². The Morgan fingerprint density at radius 3 is 2.19 bits per heavy atom. The van der Waals surface area contributed by atoms with Gasteiger partial charge in [-0.3, -0.25) is 4.79 Å². The van der Waals surface area contributed by atoms with Gasteiger partial charge in [-0.25, -0.2) is 9.79 Å². The van der Waals surface area contributed by atoms with Crippen LogP contribution in [0.15, 0.2) is 64.8 Å². The first-order chi connectivity index (χ1) is 17.8. The summed E-state index contributed by atoms with van der Waals surface area (Å²) in [5.41, 5.74) is 5.20. The van der Waals surface area contributed by atoms with Crippen molar-refractivity contribution in [2.45, 2.75) is 53.0 Å². The molecular weight excluding hydrogens is 482 g/mol. The fourth-order valence-electron chi connectivity index (χ4n) is 4.76. The molecule has 3 amide bonds. The minimum absolute atomic E-state index is 0.0379. The van der Waals surface area contributed by atoms with E-state index in [9.17, 15) is 9.59 Å². The number of rotatable bonds is 7. The number of nitrogens with zero attached hydrogens (tertiary/aromatic N) is 3. The van der Waals surface area contributed by atoms with Crippen molar-refractivity contribution in [1.29, 1.82) is 0 Å². The van der Waals surface area contributed by atoms with Crippen LogP contribution in [-0.2, 0) is 4.79 Å². The number of allylic oxidation sites excluding steroid dienone is 1. The van der Waals surface area contributed by atoms with Crippen molar-refractivity contribution in [3.63, 3.8) is 0 Å². The van der Waals surface area contributed by atoms with Crippen LogP contribution in [0.5, 0.6) is 0 Å². The molecule has 37 heavy (non-hydrogen) atoms. The lowest BCUT2D eigenvalue weighted by Gasteiger charge is -2.41. The lowest BCUT2D eigenvalue weighted by Crippen LogP contribution is -2.45. The van der Waals surface area contributed by atoms with Crippen molar-refractivity contribution in [3.8, 4) is 0 Å². The van der Waals surface area contributed by atoms with E-state index in [-0.39, 0.29) is 18.0 Å². The highest BCUT2D eigenvalue weighted by Gasteiger charge is 2.38. The van der Waals surface area contributed by atoms with E-state index in [1.807, 2.05) is 74.2 Å². The Bertz CT molecular complexity index is 1180. The Morgan fingerprint density at radius 2 is 1.62 bits per heavy atom. The molecule has 4 rings (SSSR count). The van der Waals surface area contributed by atoms with Gasteiger partial charge in [0.1, 0.15) is 0 Å². The van der Waals surface area contributed by atoms with E-state index in [1.165, 1.54) is 5.56 Å². The van der Waals surface area contributed by atoms with Crippen LogP contribution in [0.4, 0.5) is 16.2 Å². The summed E-state index contributed by atoms with van der Waals surface area (Å²) in [6, 6.07) is 15.2. The number of urea groups is 1. The quantitative estimate of drug-likeness (QED) is 0.441. The molecule has 2 aromatic rings. The summed E-state index contributed by atoms with van der Waals surface area (Å²) >= 11 is 1.75. The van der Waals surface area contributed by atoms with Gasteiger partial charge in [-0.2, -0.15) is 0 Å². The van der Waals surface area contributed by atoms with E-state index in [0.29, 0.717) is 24.7 Å². The third kappa shape index (κ3) is 6.01. The average molecular weight is 520 g/mol. The number of thioether (sulfide) groups is 1. The summed E-state index contributed by atoms with van der Waals surface area (Å²) in [7, 11) is 0. The molecule has 2 aliphatic rings. The number of carbonyl (C=O) groups is 2. The van der Waals surface area contributed by atoms with Gasteiger partial charge in [-0.05, 0) is 68.5 Å². The second kappa shape index (κ2) is 11.9. The third-order valence-electron chi connectivity index (χ3n) is 6.86. The Morgan fingerprint density at radius 1 is 1.03 bits per heavy atom. The number of amidine groups is 1. The van der Waals surface area contributed by atoms with Gasteiger partial charge in [0, 0.05) is 36.8 Å². The molecule has 196 valence electrons. The van der Waals surface area contributed by atoms with Crippen LogP contribution >= 0.6 is 11.8 Å². The fraction of sp³-hybridized carbons (Fsp3) is 0.414. The van der Waals surface area contributed by atoms with Gasteiger partial charge in [0.2, 0.25) is 0 Å². The highest BCUT2D eigenvalue weighted by Crippen LogP contribution is 2.40. The number of fused-ring (bicyclic) bond motifs is 1. The number of likely N-dealkylation sites (N-methyl/N-ethyl adjacent to an activating group) is 1. The Labute approximate surface area is 224 Å². The smallest absolute Gasteiger partial charge is 0.323 e. The molecule has 0 bridgehead atoms. The maximum Gasteiger partial charge on any atom is 0.323 e. The van der Waals surface area contributed by atoms with Gasteiger partial charge in [0.25, 0.3) is 5.91 Å². The molecule has 1 atom stereocenters. The first kappa shape index (κ1) is 26.8. The summed E-state index contributed by atoms with van der Waals surface area (Å²) in [4.78, 5) is 35.1. The highest BCUT2D eigenvalue weighted by molar-refractivity contribution is 8.13. The molecule has 0 aliphatic carbocycles. The molecule has 7 nitrogen and oxygen atoms in total. The Hall–Kier alpha value is -3.26. The van der Waals surface area contributed by atoms with Gasteiger partial charge in [0.05, 0.1) is 17.3 Å². The van der Waals surface area contributed by atoms with E-state index < -0.39 is 0 Å². The minimum Gasteiger partial charge on any atom is -0.340 e. The SMILES string of the molecule is CCN(CC)C(=O)C1=C(C)N=C2SCCCN2C1c1ccc(NC(=O)Nc2ccc(C(C)C)cc2)cc1. The number of hydrogen-bond acceptors (Lipinski definition) is 5. The topological polar surface area (TPSA) is 77.0 Å². The largest absolute Gasteiger partial charge is 0.340 e. The van der Waals surface area contributed by atoms with Crippen molar-refractivity contribution < 1.29 is 9.59 Å². The summed E-state index contributed by atoms with van der Waals surface area (Å²) in [6.45, 7) is 12.4. The number of carbonyl (C=O) groups excluding carboxylic acids is 2. The molecule has 2 N–H and O–H groups in total. The summed E-state index contributed by atoms with van der Waals surface area (Å²) in [5.74, 6) is 1.51. The zero-order valence-electron chi connectivity index (χ0n) is 22.4. The van der Waals surface area contributed by atoms with Crippen molar-refractivity contribution >= 4 is 40.2 Å². The molecule has 0 spiro atoms. The van der Waals surface area contributed by atoms with Crippen LogP contribution in [0.1, 0.15) is 64.1 Å². The van der Waals surface area contributed by atoms with Gasteiger partial charge >= 0.3 is 6.03 Å². The molecule has 0 radical (unpaired) electrons. The lowest BCUT2D eigenvalue weighted by molar-refractivity contribution is -0.127. The number of benzene rings is 2. The molecule has 2 aliphatic heterocycles. The summed E-state index contributed by atoms with van der Waals surface area (Å²) in [5, 5.41) is 6.79. The molecular formula is C29H37N5O2S. The first-order valence-electron chi connectivity index (χ1n) is 13.1. The van der Waals surface area contributed by atoms with Gasteiger partial charge in [-0.15, -0.1) is 0 Å². The van der Waals surface area contributed by atoms with Crippen LogP contribution in [0.2, 0.25) is 0 Å². The number of amides is 3. The van der Waals surface area contributed by atoms with Crippen LogP contribution in [0.3, 0.4) is 0 Å². The lowest BCUT2D eigenvalue weighted by atomic mass is 9.93. The van der Waals surface area contributed by atoms with Crippen molar-refractivity contribution in [2.24, 2.45) is 4.99 Å². The maximum absolute atomic E-state index is 13.6. The molecule has 1 unspecified atom stereocenters. The number of hydrogen-bond donors (Lipinski definition) is 2. The number of nitrogens with one attached hydrogen (secondary N) is 2. The number of anilines is 2. The van der Waals surface area contributed by atoms with E-state index in [1.54, 1.807) is 11.8 Å². The van der Waals surface area contributed by atoms with E-state index in [2.05, 4.69) is 29.4 Å². The van der Waals surface area contributed by atoms with Gasteiger partial charge in [-0.1, -0.05) is 49.9 Å². The van der Waals surface area contributed by atoms with Crippen molar-refractivity contribution in [3.05, 3.63) is 70.9 Å². The van der Waals surface area contributed by atoms with Crippen LogP contribution in [-0.4, -0.2) is 52.3 Å². The second-order valence-corrected chi connectivity index (χ2v) is 10.7. The van der Waals surface area contributed by atoms with Gasteiger partial charge < -0.3 is 20.4 Å². The van der Waals surface area contributed by atoms with Crippen LogP contribution < -0.4 is 10.6 Å². The Balaban J connectivity index is 1.54. The zero-order chi connectivity index (χ0) is 26.5. The monoisotopic (exact) mass is 519 g/mol. The predicted octanol–water partition coefficient (Wildman–Crippen LogP) is 6.45. The maximum atomic E-state index is 13.6. The van der Waals surface area contributed by atoms with Crippen molar-refractivity contribution in [1.82, 2.24) is 9.80 Å². The molecule has 0 saturated carbocycles. The van der Waals surface area contributed by atoms with Crippen molar-refractivity contribution in [2.75, 3.05) is 36.0 Å². The molecule has 1 saturated heterocycles. The first-order valence-corrected chi connectivity index (χ1v) is 14.1. The molecule has 8 heteroatoms. The second-order valence-electron chi connectivity index (χ2n) is 9.65. The van der Waals surface area contributed by atoms with Crippen LogP contribution in [0.25, 0.3) is 0 Å². The zero-order valence-corrected chi connectivity index (χ0v) is 23.2. The predicted molar refractivity (Wildman–Crippen MR) is 154 cm³/mol. The fourth-order valence-corrected chi connectivity index (χ4v) is 5.78. The normalized spacial score (nSPS) is 17.3.